The topological polar surface area (TPSA) is 32.7 Å². The lowest BCUT2D eigenvalue weighted by atomic mass is 10.1. The molecule has 0 aromatic heterocycles. The minimum atomic E-state index is -0.638. The van der Waals surface area contributed by atoms with Gasteiger partial charge in [0.1, 0.15) is 5.82 Å². The zero-order valence-electron chi connectivity index (χ0n) is 13.8. The minimum Gasteiger partial charge on any atom is -0.389 e. The molecule has 0 radical (unpaired) electrons. The van der Waals surface area contributed by atoms with Crippen LogP contribution in [0.5, 0.6) is 0 Å². The highest BCUT2D eigenvalue weighted by molar-refractivity contribution is 5.18. The molecule has 0 fully saturated rings. The van der Waals surface area contributed by atoms with Crippen LogP contribution in [-0.4, -0.2) is 35.9 Å². The van der Waals surface area contributed by atoms with Crippen molar-refractivity contribution in [1.82, 2.24) is 4.90 Å². The summed E-state index contributed by atoms with van der Waals surface area (Å²) in [4.78, 5) is 2.02. The lowest BCUT2D eigenvalue weighted by molar-refractivity contribution is 0.0226. The molecule has 0 aliphatic rings. The first-order chi connectivity index (χ1) is 11.7. The quantitative estimate of drug-likeness (QED) is 0.536. The van der Waals surface area contributed by atoms with Crippen molar-refractivity contribution in [2.24, 2.45) is 0 Å². The van der Waals surface area contributed by atoms with E-state index in [4.69, 9.17) is 4.74 Å². The van der Waals surface area contributed by atoms with Gasteiger partial charge in [-0.2, -0.15) is 0 Å². The van der Waals surface area contributed by atoms with Crippen LogP contribution in [0.25, 0.3) is 0 Å². The van der Waals surface area contributed by atoms with E-state index >= 15 is 0 Å². The number of hydrogen-bond acceptors (Lipinski definition) is 3. The molecule has 2 aromatic rings. The van der Waals surface area contributed by atoms with Crippen molar-refractivity contribution in [3.8, 4) is 0 Å². The number of hydrogen-bond donors (Lipinski definition) is 1. The lowest BCUT2D eigenvalue weighted by Crippen LogP contribution is -2.34. The van der Waals surface area contributed by atoms with Crippen LogP contribution in [0.4, 0.5) is 4.39 Å². The normalized spacial score (nSPS) is 12.3. The van der Waals surface area contributed by atoms with Crippen molar-refractivity contribution in [2.45, 2.75) is 19.2 Å². The van der Waals surface area contributed by atoms with Crippen molar-refractivity contribution in [3.05, 3.63) is 84.2 Å². The third-order valence-corrected chi connectivity index (χ3v) is 3.62. The fourth-order valence-electron chi connectivity index (χ4n) is 2.53. The van der Waals surface area contributed by atoms with Crippen molar-refractivity contribution < 1.29 is 14.2 Å². The molecular weight excluding hydrogens is 305 g/mol. The molecule has 0 saturated heterocycles. The first-order valence-electron chi connectivity index (χ1n) is 8.05. The van der Waals surface area contributed by atoms with Gasteiger partial charge in [0, 0.05) is 25.2 Å². The molecule has 0 bridgehead atoms. The lowest BCUT2D eigenvalue weighted by Gasteiger charge is -2.25. The standard InChI is InChI=1S/C20H24FNO2/c1-2-12-24-16-19(23)15-22(13-17-8-4-3-5-9-17)14-18-10-6-7-11-20(18)21/h2-11,19,23H,1,12-16H2/t19-/m0/s1. The Morgan fingerprint density at radius 3 is 2.50 bits per heavy atom. The average Bonchev–Trinajstić information content (AvgIpc) is 2.58. The summed E-state index contributed by atoms with van der Waals surface area (Å²) in [7, 11) is 0. The Morgan fingerprint density at radius 1 is 1.08 bits per heavy atom. The summed E-state index contributed by atoms with van der Waals surface area (Å²) >= 11 is 0. The van der Waals surface area contributed by atoms with Gasteiger partial charge in [-0.25, -0.2) is 4.39 Å². The Balaban J connectivity index is 2.03. The predicted octanol–water partition coefficient (Wildman–Crippen LogP) is 3.39. The molecule has 0 heterocycles. The van der Waals surface area contributed by atoms with Crippen molar-refractivity contribution in [1.29, 1.82) is 0 Å². The number of nitrogens with zero attached hydrogens (tertiary/aromatic N) is 1. The molecule has 128 valence electrons. The highest BCUT2D eigenvalue weighted by atomic mass is 19.1. The molecular formula is C20H24FNO2. The predicted molar refractivity (Wildman–Crippen MR) is 94.0 cm³/mol. The summed E-state index contributed by atoms with van der Waals surface area (Å²) in [5.41, 5.74) is 1.74. The van der Waals surface area contributed by atoms with E-state index in [1.54, 1.807) is 18.2 Å². The molecule has 0 amide bonds. The molecule has 2 rings (SSSR count). The first kappa shape index (κ1) is 18.3. The second-order valence-electron chi connectivity index (χ2n) is 5.73. The van der Waals surface area contributed by atoms with E-state index in [0.29, 0.717) is 31.8 Å². The second-order valence-corrected chi connectivity index (χ2v) is 5.73. The van der Waals surface area contributed by atoms with Gasteiger partial charge in [-0.1, -0.05) is 54.6 Å². The summed E-state index contributed by atoms with van der Waals surface area (Å²) in [5.74, 6) is -0.229. The van der Waals surface area contributed by atoms with Gasteiger partial charge in [-0.3, -0.25) is 4.90 Å². The number of halogens is 1. The van der Waals surface area contributed by atoms with E-state index < -0.39 is 6.10 Å². The fourth-order valence-corrected chi connectivity index (χ4v) is 2.53. The van der Waals surface area contributed by atoms with Crippen LogP contribution < -0.4 is 0 Å². The van der Waals surface area contributed by atoms with Crippen LogP contribution in [-0.2, 0) is 17.8 Å². The van der Waals surface area contributed by atoms with Crippen molar-refractivity contribution >= 4 is 0 Å². The van der Waals surface area contributed by atoms with Crippen molar-refractivity contribution in [3.63, 3.8) is 0 Å². The molecule has 0 spiro atoms. The van der Waals surface area contributed by atoms with Gasteiger partial charge in [-0.05, 0) is 11.6 Å². The van der Waals surface area contributed by atoms with E-state index in [9.17, 15) is 9.50 Å². The highest BCUT2D eigenvalue weighted by Gasteiger charge is 2.14. The molecule has 3 nitrogen and oxygen atoms in total. The maximum Gasteiger partial charge on any atom is 0.127 e. The molecule has 0 unspecified atom stereocenters. The average molecular weight is 329 g/mol. The fraction of sp³-hybridized carbons (Fsp3) is 0.300. The van der Waals surface area contributed by atoms with Crippen molar-refractivity contribution in [2.75, 3.05) is 19.8 Å². The molecule has 4 heteroatoms. The Hall–Kier alpha value is -2.01. The highest BCUT2D eigenvalue weighted by Crippen LogP contribution is 2.13. The van der Waals surface area contributed by atoms with E-state index in [1.165, 1.54) is 6.07 Å². The zero-order chi connectivity index (χ0) is 17.2. The van der Waals surface area contributed by atoms with Gasteiger partial charge < -0.3 is 9.84 Å². The monoisotopic (exact) mass is 329 g/mol. The summed E-state index contributed by atoms with van der Waals surface area (Å²) in [6.07, 6.45) is 1.01. The third-order valence-electron chi connectivity index (χ3n) is 3.62. The number of aliphatic hydroxyl groups is 1. The van der Waals surface area contributed by atoms with Gasteiger partial charge in [0.2, 0.25) is 0 Å². The molecule has 0 aliphatic carbocycles. The molecule has 1 N–H and O–H groups in total. The maximum atomic E-state index is 13.9. The van der Waals surface area contributed by atoms with E-state index in [0.717, 1.165) is 5.56 Å². The molecule has 0 saturated carbocycles. The summed E-state index contributed by atoms with van der Waals surface area (Å²) in [6.45, 7) is 5.68. The summed E-state index contributed by atoms with van der Waals surface area (Å²) in [5, 5.41) is 10.2. The van der Waals surface area contributed by atoms with Crippen LogP contribution in [0, 0.1) is 5.82 Å². The smallest absolute Gasteiger partial charge is 0.127 e. The number of ether oxygens (including phenoxy) is 1. The first-order valence-corrected chi connectivity index (χ1v) is 8.05. The number of aliphatic hydroxyl groups excluding tert-OH is 1. The second kappa shape index (κ2) is 9.98. The third kappa shape index (κ3) is 6.24. The van der Waals surface area contributed by atoms with Crippen LogP contribution in [0.15, 0.2) is 67.3 Å². The minimum absolute atomic E-state index is 0.229. The van der Waals surface area contributed by atoms with Gasteiger partial charge in [0.25, 0.3) is 0 Å². The number of rotatable bonds is 10. The summed E-state index contributed by atoms with van der Waals surface area (Å²) in [6, 6.07) is 16.7. The van der Waals surface area contributed by atoms with E-state index in [-0.39, 0.29) is 12.4 Å². The van der Waals surface area contributed by atoms with Gasteiger partial charge in [0.05, 0.1) is 19.3 Å². The largest absolute Gasteiger partial charge is 0.389 e. The summed E-state index contributed by atoms with van der Waals surface area (Å²) < 4.78 is 19.3. The van der Waals surface area contributed by atoms with E-state index in [1.807, 2.05) is 41.3 Å². The van der Waals surface area contributed by atoms with E-state index in [2.05, 4.69) is 6.58 Å². The molecule has 0 aliphatic heterocycles. The number of benzene rings is 2. The Labute approximate surface area is 143 Å². The zero-order valence-corrected chi connectivity index (χ0v) is 13.8. The Kier molecular flexibility index (Phi) is 7.62. The van der Waals surface area contributed by atoms with Crippen LogP contribution in [0.1, 0.15) is 11.1 Å². The van der Waals surface area contributed by atoms with Gasteiger partial charge in [0.15, 0.2) is 0 Å². The Bertz CT molecular complexity index is 618. The molecule has 2 aromatic carbocycles. The Morgan fingerprint density at radius 2 is 1.79 bits per heavy atom. The molecule has 1 atom stereocenters. The van der Waals surface area contributed by atoms with Crippen LogP contribution in [0.3, 0.4) is 0 Å². The van der Waals surface area contributed by atoms with Gasteiger partial charge >= 0.3 is 0 Å². The SMILES string of the molecule is C=CCOC[C@@H](O)CN(Cc1ccccc1)Cc1ccccc1F. The van der Waals surface area contributed by atoms with Crippen LogP contribution in [0.2, 0.25) is 0 Å². The van der Waals surface area contributed by atoms with Gasteiger partial charge in [-0.15, -0.1) is 6.58 Å². The molecule has 24 heavy (non-hydrogen) atoms. The van der Waals surface area contributed by atoms with Crippen LogP contribution >= 0.6 is 0 Å². The maximum absolute atomic E-state index is 13.9.